The Balaban J connectivity index is 0.000000172. The third-order valence-corrected chi connectivity index (χ3v) is 4.88. The normalized spacial score (nSPS) is 11.0. The van der Waals surface area contributed by atoms with Gasteiger partial charge in [-0.25, -0.2) is 4.98 Å². The summed E-state index contributed by atoms with van der Waals surface area (Å²) in [5.74, 6) is 2.47. The first-order valence-corrected chi connectivity index (χ1v) is 10.3. The predicted octanol–water partition coefficient (Wildman–Crippen LogP) is 7.00. The molecule has 3 heterocycles. The summed E-state index contributed by atoms with van der Waals surface area (Å²) in [7, 11) is 0. The Hall–Kier alpha value is -3.79. The number of hydrogen-bond acceptors (Lipinski definition) is 4. The third kappa shape index (κ3) is 5.01. The number of pyridine rings is 2. The van der Waals surface area contributed by atoms with Gasteiger partial charge in [0.1, 0.15) is 11.6 Å². The summed E-state index contributed by atoms with van der Waals surface area (Å²) in [6.45, 7) is 0. The summed E-state index contributed by atoms with van der Waals surface area (Å²) in [6.07, 6.45) is 3.58. The molecule has 0 saturated carbocycles. The zero-order valence-corrected chi connectivity index (χ0v) is 19.9. The Kier molecular flexibility index (Phi) is 7.25. The second kappa shape index (κ2) is 10.7. The quantitative estimate of drug-likeness (QED) is 0.199. The van der Waals surface area contributed by atoms with Crippen molar-refractivity contribution in [1.29, 1.82) is 0 Å². The number of benzene rings is 3. The molecule has 0 atom stereocenters. The van der Waals surface area contributed by atoms with Crippen molar-refractivity contribution in [2.45, 2.75) is 0 Å². The zero-order valence-electron chi connectivity index (χ0n) is 17.6. The van der Waals surface area contributed by atoms with Crippen LogP contribution in [-0.4, -0.2) is 9.97 Å². The fourth-order valence-corrected chi connectivity index (χ4v) is 3.44. The maximum absolute atomic E-state index is 5.93. The SMILES string of the molecule is [Ir].[c-]1cccc2c1N(c1ccccn1)c1ccccc1O2.[c-]1ccccc1-c1ccccn1. The fourth-order valence-electron chi connectivity index (χ4n) is 3.44. The van der Waals surface area contributed by atoms with E-state index in [1.165, 1.54) is 0 Å². The van der Waals surface area contributed by atoms with Crippen LogP contribution in [0.5, 0.6) is 11.5 Å². The molecule has 2 aromatic heterocycles. The van der Waals surface area contributed by atoms with Crippen LogP contribution in [0.15, 0.2) is 116 Å². The first-order valence-electron chi connectivity index (χ1n) is 10.3. The molecule has 0 saturated heterocycles. The molecular weight excluding hydrogens is 587 g/mol. The van der Waals surface area contributed by atoms with Crippen LogP contribution in [0.2, 0.25) is 0 Å². The Labute approximate surface area is 206 Å². The van der Waals surface area contributed by atoms with Gasteiger partial charge in [-0.15, -0.1) is 42.0 Å². The van der Waals surface area contributed by atoms with Crippen LogP contribution >= 0.6 is 0 Å². The minimum atomic E-state index is 0. The Bertz CT molecular complexity index is 1220. The van der Waals surface area contributed by atoms with Gasteiger partial charge in [0, 0.05) is 38.2 Å². The van der Waals surface area contributed by atoms with Gasteiger partial charge in [0.15, 0.2) is 0 Å². The molecule has 1 aliphatic rings. The van der Waals surface area contributed by atoms with Crippen molar-refractivity contribution >= 4 is 17.2 Å². The zero-order chi connectivity index (χ0) is 21.6. The molecule has 1 radical (unpaired) electrons. The van der Waals surface area contributed by atoms with E-state index in [-0.39, 0.29) is 20.1 Å². The van der Waals surface area contributed by atoms with Gasteiger partial charge in [0.2, 0.25) is 0 Å². The first-order chi connectivity index (χ1) is 15.9. The molecule has 0 amide bonds. The van der Waals surface area contributed by atoms with Gasteiger partial charge < -0.3 is 14.6 Å². The van der Waals surface area contributed by atoms with Crippen molar-refractivity contribution in [3.05, 3.63) is 128 Å². The molecule has 0 bridgehead atoms. The van der Waals surface area contributed by atoms with Crippen LogP contribution in [0.25, 0.3) is 11.3 Å². The number of anilines is 3. The van der Waals surface area contributed by atoms with Crippen molar-refractivity contribution in [2.24, 2.45) is 0 Å². The summed E-state index contributed by atoms with van der Waals surface area (Å²) < 4.78 is 5.93. The van der Waals surface area contributed by atoms with E-state index < -0.39 is 0 Å². The largest absolute Gasteiger partial charge is 0.513 e. The number of hydrogen-bond donors (Lipinski definition) is 0. The van der Waals surface area contributed by atoms with E-state index in [1.54, 1.807) is 12.4 Å². The average Bonchev–Trinajstić information content (AvgIpc) is 2.89. The topological polar surface area (TPSA) is 38.2 Å². The van der Waals surface area contributed by atoms with Crippen LogP contribution < -0.4 is 9.64 Å². The standard InChI is InChI=1S/C17H11N2O.C11H8N.Ir/c1-3-9-15-13(7-1)19(17-11-5-6-12-18-17)14-8-2-4-10-16(14)20-15;1-2-6-10(7-3-1)11-8-4-5-9-12-11;/h1-7,9-12H;1-6,8-9H;/q2*-1;. The van der Waals surface area contributed by atoms with Gasteiger partial charge in [-0.3, -0.25) is 0 Å². The predicted molar refractivity (Wildman–Crippen MR) is 126 cm³/mol. The molecule has 5 heteroatoms. The Morgan fingerprint density at radius 1 is 0.636 bits per heavy atom. The van der Waals surface area contributed by atoms with Crippen LogP contribution in [0, 0.1) is 12.1 Å². The number of fused-ring (bicyclic) bond motifs is 2. The molecular formula is C28H19IrN3O-2. The van der Waals surface area contributed by atoms with Gasteiger partial charge in [0.25, 0.3) is 0 Å². The number of para-hydroxylation sites is 3. The van der Waals surface area contributed by atoms with Gasteiger partial charge in [-0.05, 0) is 41.7 Å². The molecule has 0 aliphatic carbocycles. The summed E-state index contributed by atoms with van der Waals surface area (Å²) in [5.41, 5.74) is 3.86. The monoisotopic (exact) mass is 606 g/mol. The fraction of sp³-hybridized carbons (Fsp3) is 0. The van der Waals surface area contributed by atoms with E-state index in [9.17, 15) is 0 Å². The summed E-state index contributed by atoms with van der Waals surface area (Å²) in [4.78, 5) is 10.7. The number of ether oxygens (including phenoxy) is 1. The molecule has 1 aliphatic heterocycles. The van der Waals surface area contributed by atoms with Crippen molar-refractivity contribution in [2.75, 3.05) is 4.90 Å². The number of rotatable bonds is 2. The van der Waals surface area contributed by atoms with E-state index in [2.05, 4.69) is 27.0 Å². The minimum Gasteiger partial charge on any atom is -0.513 e. The molecule has 0 N–H and O–H groups in total. The van der Waals surface area contributed by atoms with Crippen molar-refractivity contribution in [3.8, 4) is 22.8 Å². The molecule has 4 nitrogen and oxygen atoms in total. The number of nitrogens with zero attached hydrogens (tertiary/aromatic N) is 3. The van der Waals surface area contributed by atoms with Gasteiger partial charge in [-0.2, -0.15) is 18.2 Å². The molecule has 0 fully saturated rings. The molecule has 33 heavy (non-hydrogen) atoms. The second-order valence-corrected chi connectivity index (χ2v) is 6.97. The molecule has 0 spiro atoms. The van der Waals surface area contributed by atoms with E-state index in [4.69, 9.17) is 4.74 Å². The van der Waals surface area contributed by atoms with Gasteiger partial charge >= 0.3 is 0 Å². The van der Waals surface area contributed by atoms with E-state index in [0.29, 0.717) is 0 Å². The van der Waals surface area contributed by atoms with E-state index in [0.717, 1.165) is 39.9 Å². The summed E-state index contributed by atoms with van der Waals surface area (Å²) in [6, 6.07) is 39.6. The molecule has 0 unspecified atom stereocenters. The van der Waals surface area contributed by atoms with Crippen molar-refractivity contribution in [3.63, 3.8) is 0 Å². The van der Waals surface area contributed by atoms with E-state index in [1.807, 2.05) is 103 Å². The molecule has 3 aromatic carbocycles. The molecule has 163 valence electrons. The van der Waals surface area contributed by atoms with Crippen molar-refractivity contribution in [1.82, 2.24) is 9.97 Å². The summed E-state index contributed by atoms with van der Waals surface area (Å²) in [5, 5.41) is 0. The minimum absolute atomic E-state index is 0. The average molecular weight is 606 g/mol. The Morgan fingerprint density at radius 2 is 1.36 bits per heavy atom. The third-order valence-electron chi connectivity index (χ3n) is 4.88. The van der Waals surface area contributed by atoms with Gasteiger partial charge in [0.05, 0.1) is 5.69 Å². The number of aromatic nitrogens is 2. The first kappa shape index (κ1) is 22.4. The molecule has 6 rings (SSSR count). The van der Waals surface area contributed by atoms with E-state index >= 15 is 0 Å². The van der Waals surface area contributed by atoms with Crippen LogP contribution in [0.3, 0.4) is 0 Å². The maximum Gasteiger partial charge on any atom is 0.135 e. The van der Waals surface area contributed by atoms with Crippen LogP contribution in [0.1, 0.15) is 0 Å². The van der Waals surface area contributed by atoms with Crippen molar-refractivity contribution < 1.29 is 24.8 Å². The van der Waals surface area contributed by atoms with Crippen LogP contribution in [0.4, 0.5) is 17.2 Å². The molecule has 5 aromatic rings. The second-order valence-electron chi connectivity index (χ2n) is 6.97. The maximum atomic E-state index is 5.93. The Morgan fingerprint density at radius 3 is 2.12 bits per heavy atom. The summed E-state index contributed by atoms with van der Waals surface area (Å²) >= 11 is 0. The van der Waals surface area contributed by atoms with Crippen LogP contribution in [-0.2, 0) is 20.1 Å². The smallest absolute Gasteiger partial charge is 0.135 e. The van der Waals surface area contributed by atoms with Gasteiger partial charge in [-0.1, -0.05) is 30.3 Å².